The Bertz CT molecular complexity index is 906. The SMILES string of the molecule is Nc1cc(Nc2ncc(F)c3nc(N4CCC(N)CC4)sc23)ncn1. The summed E-state index contributed by atoms with van der Waals surface area (Å²) in [7, 11) is 0. The predicted molar refractivity (Wildman–Crippen MR) is 96.5 cm³/mol. The van der Waals surface area contributed by atoms with Crippen molar-refractivity contribution in [1.82, 2.24) is 19.9 Å². The molecule has 0 unspecified atom stereocenters. The number of pyridine rings is 1. The zero-order valence-electron chi connectivity index (χ0n) is 13.3. The van der Waals surface area contributed by atoms with Gasteiger partial charge in [0.1, 0.15) is 28.2 Å². The van der Waals surface area contributed by atoms with Gasteiger partial charge in [-0.1, -0.05) is 11.3 Å². The van der Waals surface area contributed by atoms with Gasteiger partial charge in [0.2, 0.25) is 0 Å². The molecule has 0 aliphatic carbocycles. The zero-order valence-corrected chi connectivity index (χ0v) is 14.1. The van der Waals surface area contributed by atoms with Gasteiger partial charge in [-0.3, -0.25) is 0 Å². The van der Waals surface area contributed by atoms with E-state index in [1.807, 2.05) is 0 Å². The fourth-order valence-electron chi connectivity index (χ4n) is 2.75. The lowest BCUT2D eigenvalue weighted by molar-refractivity contribution is 0.501. The van der Waals surface area contributed by atoms with Crippen LogP contribution in [0.1, 0.15) is 12.8 Å². The molecule has 1 aliphatic rings. The molecule has 4 rings (SSSR count). The molecule has 130 valence electrons. The summed E-state index contributed by atoms with van der Waals surface area (Å²) in [5, 5.41) is 3.84. The molecule has 0 atom stereocenters. The molecule has 0 amide bonds. The fraction of sp³-hybridized carbons (Fsp3) is 0.333. The van der Waals surface area contributed by atoms with E-state index in [2.05, 4.69) is 30.2 Å². The smallest absolute Gasteiger partial charge is 0.186 e. The number of halogens is 1. The molecular weight excluding hydrogens is 343 g/mol. The average molecular weight is 360 g/mol. The van der Waals surface area contributed by atoms with Crippen LogP contribution in [-0.2, 0) is 0 Å². The van der Waals surface area contributed by atoms with E-state index >= 15 is 0 Å². The number of hydrogen-bond donors (Lipinski definition) is 3. The molecule has 0 radical (unpaired) electrons. The van der Waals surface area contributed by atoms with Crippen LogP contribution >= 0.6 is 11.3 Å². The van der Waals surface area contributed by atoms with Gasteiger partial charge in [-0.15, -0.1) is 0 Å². The first-order valence-corrected chi connectivity index (χ1v) is 8.72. The molecule has 3 aromatic rings. The van der Waals surface area contributed by atoms with Gasteiger partial charge in [0, 0.05) is 25.2 Å². The molecule has 1 saturated heterocycles. The zero-order chi connectivity index (χ0) is 17.4. The quantitative estimate of drug-likeness (QED) is 0.648. The van der Waals surface area contributed by atoms with Crippen molar-refractivity contribution >= 4 is 44.1 Å². The third-order valence-electron chi connectivity index (χ3n) is 4.11. The number of nitrogens with two attached hydrogens (primary N) is 2. The maximum absolute atomic E-state index is 14.2. The number of hydrogen-bond acceptors (Lipinski definition) is 9. The first-order chi connectivity index (χ1) is 12.1. The van der Waals surface area contributed by atoms with Gasteiger partial charge >= 0.3 is 0 Å². The first kappa shape index (κ1) is 15.9. The highest BCUT2D eigenvalue weighted by atomic mass is 32.1. The number of anilines is 4. The molecule has 1 aliphatic heterocycles. The van der Waals surface area contributed by atoms with Gasteiger partial charge in [0.05, 0.1) is 6.20 Å². The van der Waals surface area contributed by atoms with Crippen LogP contribution in [0.2, 0.25) is 0 Å². The van der Waals surface area contributed by atoms with Crippen LogP contribution in [0.3, 0.4) is 0 Å². The highest BCUT2D eigenvalue weighted by Crippen LogP contribution is 2.36. The van der Waals surface area contributed by atoms with Crippen LogP contribution < -0.4 is 21.7 Å². The summed E-state index contributed by atoms with van der Waals surface area (Å²) in [5.41, 5.74) is 11.9. The van der Waals surface area contributed by atoms with Crippen LogP contribution in [-0.4, -0.2) is 39.1 Å². The average Bonchev–Trinajstić information content (AvgIpc) is 3.05. The van der Waals surface area contributed by atoms with Crippen molar-refractivity contribution in [2.75, 3.05) is 29.0 Å². The third-order valence-corrected chi connectivity index (χ3v) is 5.23. The van der Waals surface area contributed by atoms with E-state index in [1.165, 1.54) is 17.7 Å². The molecule has 4 heterocycles. The Balaban J connectivity index is 1.69. The molecular formula is C15H17FN8S. The van der Waals surface area contributed by atoms with Crippen molar-refractivity contribution in [2.45, 2.75) is 18.9 Å². The maximum atomic E-state index is 14.2. The molecule has 0 aromatic carbocycles. The minimum absolute atomic E-state index is 0.226. The predicted octanol–water partition coefficient (Wildman–Crippen LogP) is 1.87. The maximum Gasteiger partial charge on any atom is 0.186 e. The Hall–Kier alpha value is -2.59. The highest BCUT2D eigenvalue weighted by Gasteiger charge is 2.21. The van der Waals surface area contributed by atoms with Gasteiger partial charge in [0.15, 0.2) is 16.8 Å². The topological polar surface area (TPSA) is 119 Å². The van der Waals surface area contributed by atoms with Crippen molar-refractivity contribution in [3.63, 3.8) is 0 Å². The molecule has 10 heteroatoms. The van der Waals surface area contributed by atoms with E-state index in [0.717, 1.165) is 37.3 Å². The number of aromatic nitrogens is 4. The second-order valence-electron chi connectivity index (χ2n) is 5.91. The van der Waals surface area contributed by atoms with E-state index in [0.29, 0.717) is 27.7 Å². The number of thiazole rings is 1. The van der Waals surface area contributed by atoms with E-state index in [-0.39, 0.29) is 6.04 Å². The van der Waals surface area contributed by atoms with E-state index in [4.69, 9.17) is 11.5 Å². The Labute approximate surface area is 147 Å². The monoisotopic (exact) mass is 360 g/mol. The fourth-order valence-corrected chi connectivity index (χ4v) is 3.82. The van der Waals surface area contributed by atoms with Crippen LogP contribution in [0.25, 0.3) is 10.2 Å². The Morgan fingerprint density at radius 3 is 2.80 bits per heavy atom. The minimum Gasteiger partial charge on any atom is -0.384 e. The molecule has 25 heavy (non-hydrogen) atoms. The Morgan fingerprint density at radius 2 is 2.04 bits per heavy atom. The molecule has 3 aromatic heterocycles. The first-order valence-electron chi connectivity index (χ1n) is 7.90. The number of nitrogens with one attached hydrogen (secondary N) is 1. The van der Waals surface area contributed by atoms with E-state index in [9.17, 15) is 4.39 Å². The van der Waals surface area contributed by atoms with Crippen molar-refractivity contribution < 1.29 is 4.39 Å². The lowest BCUT2D eigenvalue weighted by atomic mass is 10.1. The number of fused-ring (bicyclic) bond motifs is 1. The molecule has 0 spiro atoms. The normalized spacial score (nSPS) is 15.7. The summed E-state index contributed by atoms with van der Waals surface area (Å²) >= 11 is 1.40. The van der Waals surface area contributed by atoms with Gasteiger partial charge in [0.25, 0.3) is 0 Å². The summed E-state index contributed by atoms with van der Waals surface area (Å²) < 4.78 is 14.8. The summed E-state index contributed by atoms with van der Waals surface area (Å²) in [6.45, 7) is 1.64. The highest BCUT2D eigenvalue weighted by molar-refractivity contribution is 7.22. The number of piperidine rings is 1. The van der Waals surface area contributed by atoms with Crippen molar-refractivity contribution in [2.24, 2.45) is 5.73 Å². The summed E-state index contributed by atoms with van der Waals surface area (Å²) in [4.78, 5) is 18.7. The molecule has 0 bridgehead atoms. The minimum atomic E-state index is -0.445. The van der Waals surface area contributed by atoms with Gasteiger partial charge in [-0.2, -0.15) is 0 Å². The third kappa shape index (κ3) is 3.17. The number of nitrogens with zero attached hydrogens (tertiary/aromatic N) is 5. The lowest BCUT2D eigenvalue weighted by Gasteiger charge is -2.29. The van der Waals surface area contributed by atoms with Crippen LogP contribution in [0, 0.1) is 5.82 Å². The van der Waals surface area contributed by atoms with Crippen LogP contribution in [0.15, 0.2) is 18.6 Å². The lowest BCUT2D eigenvalue weighted by Crippen LogP contribution is -2.39. The molecule has 1 fully saturated rings. The number of rotatable bonds is 3. The van der Waals surface area contributed by atoms with Crippen molar-refractivity contribution in [1.29, 1.82) is 0 Å². The Kier molecular flexibility index (Phi) is 4.06. The summed E-state index contributed by atoms with van der Waals surface area (Å²) in [6.07, 6.45) is 4.32. The molecule has 0 saturated carbocycles. The van der Waals surface area contributed by atoms with Gasteiger partial charge in [-0.25, -0.2) is 24.3 Å². The van der Waals surface area contributed by atoms with E-state index in [1.54, 1.807) is 6.07 Å². The number of nitrogen functional groups attached to an aromatic ring is 1. The summed E-state index contributed by atoms with van der Waals surface area (Å²) in [6, 6.07) is 1.81. The Morgan fingerprint density at radius 1 is 1.24 bits per heavy atom. The second-order valence-corrected chi connectivity index (χ2v) is 6.88. The van der Waals surface area contributed by atoms with Crippen molar-refractivity contribution in [3.05, 3.63) is 24.4 Å². The molecule has 8 nitrogen and oxygen atoms in total. The van der Waals surface area contributed by atoms with Gasteiger partial charge < -0.3 is 21.7 Å². The summed E-state index contributed by atoms with van der Waals surface area (Å²) in [5.74, 6) is 0.878. The van der Waals surface area contributed by atoms with Crippen molar-refractivity contribution in [3.8, 4) is 0 Å². The molecule has 5 N–H and O–H groups in total. The standard InChI is InChI=1S/C15H17FN8S/c16-9-6-19-14(22-11-5-10(18)20-7-21-11)13-12(9)23-15(25-13)24-3-1-8(17)2-4-24/h5-8H,1-4,17H2,(H3,18,19,20,21,22). The van der Waals surface area contributed by atoms with Crippen LogP contribution in [0.5, 0.6) is 0 Å². The van der Waals surface area contributed by atoms with Crippen LogP contribution in [0.4, 0.5) is 27.0 Å². The van der Waals surface area contributed by atoms with E-state index < -0.39 is 5.82 Å². The largest absolute Gasteiger partial charge is 0.384 e. The van der Waals surface area contributed by atoms with Gasteiger partial charge in [-0.05, 0) is 12.8 Å². The second kappa shape index (κ2) is 6.37.